The normalized spacial score (nSPS) is 18.3. The van der Waals surface area contributed by atoms with E-state index >= 15 is 0 Å². The van der Waals surface area contributed by atoms with Crippen LogP contribution in [0.2, 0.25) is 0 Å². The SMILES string of the molecule is CC(C)(C)OC(=O)N1C[C@H](F)C[C@H]1C(=O)CCc1cc(-c2ccc(C(F)(F)F)nc2)ncc1C#N.CC(C)(C)OC(=O)N1C[C@H](F)C[C@H]1C(=O)CCc1cc(-c2ccc(C(F)(F)F)nc2)ncc1C(N)=O. The van der Waals surface area contributed by atoms with E-state index in [2.05, 4.69) is 19.9 Å². The van der Waals surface area contributed by atoms with Crippen LogP contribution in [-0.2, 0) is 44.3 Å². The number of pyridine rings is 4. The van der Waals surface area contributed by atoms with E-state index < -0.39 is 83.2 Å². The summed E-state index contributed by atoms with van der Waals surface area (Å²) >= 11 is 0. The number of Topliss-reactive ketones (excluding diaryl/α,β-unsaturated/α-hetero) is 2. The molecular weight excluding hydrogens is 953 g/mol. The number of alkyl halides is 8. The second-order valence-corrected chi connectivity index (χ2v) is 18.7. The van der Waals surface area contributed by atoms with E-state index in [9.17, 15) is 64.4 Å². The summed E-state index contributed by atoms with van der Waals surface area (Å²) in [4.78, 5) is 79.8. The van der Waals surface area contributed by atoms with E-state index in [0.717, 1.165) is 34.3 Å². The van der Waals surface area contributed by atoms with Crippen LogP contribution >= 0.6 is 0 Å². The summed E-state index contributed by atoms with van der Waals surface area (Å²) in [6.07, 6.45) is -9.42. The zero-order valence-corrected chi connectivity index (χ0v) is 39.3. The third kappa shape index (κ3) is 14.9. The molecule has 15 nitrogen and oxygen atoms in total. The maximum atomic E-state index is 14.1. The monoisotopic (exact) mass is 1000 g/mol. The molecule has 0 spiro atoms. The van der Waals surface area contributed by atoms with Gasteiger partial charge in [0.25, 0.3) is 5.91 Å². The van der Waals surface area contributed by atoms with Crippen molar-refractivity contribution in [2.75, 3.05) is 13.1 Å². The van der Waals surface area contributed by atoms with Crippen LogP contribution in [0.4, 0.5) is 44.7 Å². The van der Waals surface area contributed by atoms with Crippen LogP contribution in [0.5, 0.6) is 0 Å². The van der Waals surface area contributed by atoms with Crippen molar-refractivity contribution in [3.63, 3.8) is 0 Å². The van der Waals surface area contributed by atoms with Crippen molar-refractivity contribution in [3.05, 3.63) is 94.8 Å². The molecule has 4 aromatic heterocycles. The number of nitriles is 1. The van der Waals surface area contributed by atoms with Crippen molar-refractivity contribution in [2.24, 2.45) is 5.73 Å². The van der Waals surface area contributed by atoms with Crippen LogP contribution in [0.1, 0.15) is 106 Å². The van der Waals surface area contributed by atoms with Crippen molar-refractivity contribution in [1.29, 1.82) is 5.26 Å². The van der Waals surface area contributed by atoms with Gasteiger partial charge < -0.3 is 15.2 Å². The van der Waals surface area contributed by atoms with E-state index in [-0.39, 0.29) is 85.5 Å². The number of carbonyl (C=O) groups excluding carboxylic acids is 5. The van der Waals surface area contributed by atoms with Crippen molar-refractivity contribution < 1.29 is 68.6 Å². The fourth-order valence-electron chi connectivity index (χ4n) is 7.55. The number of ether oxygens (including phenoxy) is 2. The first-order valence-electron chi connectivity index (χ1n) is 22.0. The fraction of sp³-hybridized carbons (Fsp3) is 0.458. The minimum absolute atomic E-state index is 0.0102. The van der Waals surface area contributed by atoms with Crippen molar-refractivity contribution in [2.45, 2.75) is 128 Å². The molecule has 380 valence electrons. The summed E-state index contributed by atoms with van der Waals surface area (Å²) in [7, 11) is 0. The molecule has 2 aliphatic heterocycles. The molecule has 0 unspecified atom stereocenters. The minimum Gasteiger partial charge on any atom is -0.444 e. The third-order valence-electron chi connectivity index (χ3n) is 10.8. The van der Waals surface area contributed by atoms with Crippen molar-refractivity contribution >= 4 is 29.7 Å². The van der Waals surface area contributed by atoms with E-state index in [1.807, 2.05) is 6.07 Å². The number of rotatable bonds is 11. The lowest BCUT2D eigenvalue weighted by Crippen LogP contribution is -2.43. The predicted molar refractivity (Wildman–Crippen MR) is 237 cm³/mol. The Hall–Kier alpha value is -7.12. The summed E-state index contributed by atoms with van der Waals surface area (Å²) in [5, 5.41) is 9.41. The van der Waals surface area contributed by atoms with Crippen molar-refractivity contribution in [3.8, 4) is 28.6 Å². The molecule has 0 aromatic carbocycles. The zero-order chi connectivity index (χ0) is 52.8. The highest BCUT2D eigenvalue weighted by molar-refractivity contribution is 5.95. The van der Waals surface area contributed by atoms with Gasteiger partial charge in [-0.2, -0.15) is 31.6 Å². The topological polar surface area (TPSA) is 212 Å². The van der Waals surface area contributed by atoms with Crippen LogP contribution in [0, 0.1) is 11.3 Å². The molecule has 23 heteroatoms. The maximum absolute atomic E-state index is 14.1. The molecule has 6 heterocycles. The third-order valence-corrected chi connectivity index (χ3v) is 10.8. The van der Waals surface area contributed by atoms with Gasteiger partial charge in [-0.3, -0.25) is 44.1 Å². The van der Waals surface area contributed by atoms with E-state index in [1.165, 1.54) is 36.7 Å². The Labute approximate surface area is 402 Å². The molecule has 6 rings (SSSR count). The second kappa shape index (κ2) is 21.9. The van der Waals surface area contributed by atoms with Gasteiger partial charge in [-0.15, -0.1) is 0 Å². The molecule has 2 aliphatic rings. The Morgan fingerprint density at radius 3 is 1.42 bits per heavy atom. The summed E-state index contributed by atoms with van der Waals surface area (Å²) in [6.45, 7) is 9.47. The lowest BCUT2D eigenvalue weighted by molar-refractivity contribution is -0.141. The number of nitrogens with zero attached hydrogens (tertiary/aromatic N) is 7. The molecule has 3 amide bonds. The fourth-order valence-corrected chi connectivity index (χ4v) is 7.55. The van der Waals surface area contributed by atoms with Crippen LogP contribution < -0.4 is 5.73 Å². The van der Waals surface area contributed by atoms with Gasteiger partial charge in [0.05, 0.1) is 47.7 Å². The zero-order valence-electron chi connectivity index (χ0n) is 39.3. The van der Waals surface area contributed by atoms with Gasteiger partial charge >= 0.3 is 24.5 Å². The summed E-state index contributed by atoms with van der Waals surface area (Å²) in [5.74, 6) is -1.61. The second-order valence-electron chi connectivity index (χ2n) is 18.7. The molecule has 2 saturated heterocycles. The Bertz CT molecular complexity index is 2650. The molecule has 0 saturated carbocycles. The molecular formula is C48H50F8N8O7. The number of aryl methyl sites for hydroxylation is 2. The van der Waals surface area contributed by atoms with Gasteiger partial charge in [0.15, 0.2) is 11.6 Å². The molecule has 4 atom stereocenters. The highest BCUT2D eigenvalue weighted by Gasteiger charge is 2.43. The number of aromatic nitrogens is 4. The van der Waals surface area contributed by atoms with Crippen molar-refractivity contribution in [1.82, 2.24) is 29.7 Å². The number of halogens is 8. The Balaban J connectivity index is 0.000000264. The number of carbonyl (C=O) groups is 5. The lowest BCUT2D eigenvalue weighted by Gasteiger charge is -2.27. The minimum atomic E-state index is -4.60. The number of nitrogens with two attached hydrogens (primary N) is 1. The quantitative estimate of drug-likeness (QED) is 0.140. The summed E-state index contributed by atoms with van der Waals surface area (Å²) in [6, 6.07) is 6.97. The standard InChI is InChI=1S/C24H26F4N4O4.C24H24F4N4O3/c1-23(2,3)36-22(35)32-12-15(25)9-18(32)19(33)6-4-13-8-17(30-11-16(13)21(29)34)14-5-7-20(31-10-14)24(26,27)28;1-23(2,3)35-22(34)32-13-17(25)9-19(32)20(33)6-4-14-8-18(30-12-16(14)10-29)15-5-7-21(31-11-15)24(26,27)28/h5,7-8,10-11,15,18H,4,6,9,12H2,1-3H3,(H2,29,34);5,7-8,11-12,17,19H,4,6,9,13H2,1-3H3/t15-,18+;17-,19+/m11/s1. The molecule has 71 heavy (non-hydrogen) atoms. The first-order chi connectivity index (χ1) is 32.9. The Morgan fingerprint density at radius 1 is 0.648 bits per heavy atom. The Morgan fingerprint density at radius 2 is 1.06 bits per heavy atom. The first kappa shape index (κ1) is 54.8. The molecule has 2 fully saturated rings. The first-order valence-corrected chi connectivity index (χ1v) is 22.0. The van der Waals surface area contributed by atoms with Crippen LogP contribution in [0.25, 0.3) is 22.5 Å². The highest BCUT2D eigenvalue weighted by atomic mass is 19.4. The van der Waals surface area contributed by atoms with E-state index in [0.29, 0.717) is 16.7 Å². The predicted octanol–water partition coefficient (Wildman–Crippen LogP) is 8.99. The van der Waals surface area contributed by atoms with Gasteiger partial charge in [0.2, 0.25) is 0 Å². The number of likely N-dealkylation sites (tertiary alicyclic amines) is 2. The van der Waals surface area contributed by atoms with Gasteiger partial charge in [-0.25, -0.2) is 18.4 Å². The maximum Gasteiger partial charge on any atom is 0.433 e. The van der Waals surface area contributed by atoms with Crippen LogP contribution in [0.15, 0.2) is 61.2 Å². The molecule has 0 bridgehead atoms. The van der Waals surface area contributed by atoms with Gasteiger partial charge in [0.1, 0.15) is 41.0 Å². The summed E-state index contributed by atoms with van der Waals surface area (Å²) < 4.78 is 115. The smallest absolute Gasteiger partial charge is 0.433 e. The number of ketones is 2. The Kier molecular flexibility index (Phi) is 16.9. The molecule has 0 aliphatic carbocycles. The van der Waals surface area contributed by atoms with Gasteiger partial charge in [-0.1, -0.05) is 0 Å². The molecule has 4 aromatic rings. The van der Waals surface area contributed by atoms with Gasteiger partial charge in [-0.05, 0) is 102 Å². The number of primary amides is 1. The van der Waals surface area contributed by atoms with Crippen LogP contribution in [0.3, 0.4) is 0 Å². The van der Waals surface area contributed by atoms with E-state index in [4.69, 9.17) is 15.2 Å². The van der Waals surface area contributed by atoms with E-state index in [1.54, 1.807) is 41.5 Å². The lowest BCUT2D eigenvalue weighted by atomic mass is 9.97. The average molecular weight is 1000 g/mol. The van der Waals surface area contributed by atoms with Crippen LogP contribution in [-0.4, -0.2) is 108 Å². The van der Waals surface area contributed by atoms with Gasteiger partial charge in [0, 0.05) is 61.6 Å². The molecule has 2 N–H and O–H groups in total. The highest BCUT2D eigenvalue weighted by Crippen LogP contribution is 2.32. The summed E-state index contributed by atoms with van der Waals surface area (Å²) in [5.41, 5.74) is 3.77. The number of hydrogen-bond donors (Lipinski definition) is 1. The number of amides is 3. The molecule has 0 radical (unpaired) electrons. The average Bonchev–Trinajstić information content (AvgIpc) is 3.88. The number of hydrogen-bond acceptors (Lipinski definition) is 12. The largest absolute Gasteiger partial charge is 0.444 e.